The maximum atomic E-state index is 4.48. The van der Waals surface area contributed by atoms with E-state index in [1.807, 2.05) is 24.4 Å². The topological polar surface area (TPSA) is 37.3 Å². The third-order valence-electron chi connectivity index (χ3n) is 3.05. The lowest BCUT2D eigenvalue weighted by Gasteiger charge is -2.11. The number of hydrazone groups is 1. The number of anilines is 1. The van der Waals surface area contributed by atoms with Gasteiger partial charge < -0.3 is 0 Å². The number of thiazole rings is 1. The molecule has 1 aliphatic carbocycles. The van der Waals surface area contributed by atoms with Gasteiger partial charge in [0.05, 0.1) is 10.2 Å². The minimum atomic E-state index is 0.567. The number of rotatable bonds is 3. The van der Waals surface area contributed by atoms with Crippen molar-refractivity contribution < 1.29 is 0 Å². The molecule has 0 saturated carbocycles. The lowest BCUT2D eigenvalue weighted by Crippen LogP contribution is -2.04. The summed E-state index contributed by atoms with van der Waals surface area (Å²) in [6.45, 7) is 0. The first-order chi connectivity index (χ1) is 8.92. The van der Waals surface area contributed by atoms with Gasteiger partial charge in [-0.25, -0.2) is 4.98 Å². The highest BCUT2D eigenvalue weighted by molar-refractivity contribution is 7.22. The molecule has 0 fully saturated rings. The van der Waals surface area contributed by atoms with E-state index in [2.05, 4.69) is 33.7 Å². The van der Waals surface area contributed by atoms with Crippen LogP contribution in [0.5, 0.6) is 0 Å². The van der Waals surface area contributed by atoms with E-state index >= 15 is 0 Å². The van der Waals surface area contributed by atoms with E-state index in [1.165, 1.54) is 11.1 Å². The summed E-state index contributed by atoms with van der Waals surface area (Å²) in [4.78, 5) is 4.48. The highest BCUT2D eigenvalue weighted by atomic mass is 32.1. The molecule has 0 amide bonds. The van der Waals surface area contributed by atoms with Crippen LogP contribution >= 0.6 is 11.3 Å². The van der Waals surface area contributed by atoms with Crippen molar-refractivity contribution in [2.45, 2.75) is 19.3 Å². The fourth-order valence-corrected chi connectivity index (χ4v) is 2.89. The minimum absolute atomic E-state index is 0.567. The fraction of sp³-hybridized carbons (Fsp3) is 0.286. The summed E-state index contributed by atoms with van der Waals surface area (Å²) in [6.07, 6.45) is 9.95. The van der Waals surface area contributed by atoms with Crippen LogP contribution in [0.3, 0.4) is 0 Å². The van der Waals surface area contributed by atoms with Crippen molar-refractivity contribution in [3.8, 4) is 0 Å². The van der Waals surface area contributed by atoms with E-state index in [-0.39, 0.29) is 0 Å². The molecule has 2 aromatic rings. The maximum Gasteiger partial charge on any atom is 0.204 e. The van der Waals surface area contributed by atoms with Crippen molar-refractivity contribution in [2.75, 3.05) is 5.43 Å². The van der Waals surface area contributed by atoms with Crippen molar-refractivity contribution in [3.05, 3.63) is 36.4 Å². The van der Waals surface area contributed by atoms with Crippen LogP contribution in [0.2, 0.25) is 0 Å². The highest BCUT2D eigenvalue weighted by Crippen LogP contribution is 2.25. The van der Waals surface area contributed by atoms with Gasteiger partial charge in [0.1, 0.15) is 0 Å². The molecular formula is C14H15N3S. The first-order valence-electron chi connectivity index (χ1n) is 6.21. The van der Waals surface area contributed by atoms with Crippen LogP contribution in [-0.4, -0.2) is 11.2 Å². The zero-order valence-corrected chi connectivity index (χ0v) is 10.9. The molecule has 1 N–H and O–H groups in total. The van der Waals surface area contributed by atoms with E-state index in [1.54, 1.807) is 11.3 Å². The van der Waals surface area contributed by atoms with Gasteiger partial charge in [-0.05, 0) is 37.3 Å². The number of aromatic nitrogens is 1. The average molecular weight is 257 g/mol. The molecule has 4 heteroatoms. The molecule has 0 saturated heterocycles. The molecule has 0 aliphatic heterocycles. The lowest BCUT2D eigenvalue weighted by molar-refractivity contribution is 0.627. The normalized spacial score (nSPS) is 19.7. The first kappa shape index (κ1) is 11.4. The summed E-state index contributed by atoms with van der Waals surface area (Å²) in [7, 11) is 0. The van der Waals surface area contributed by atoms with E-state index in [0.717, 1.165) is 23.5 Å². The second-order valence-electron chi connectivity index (χ2n) is 4.42. The quantitative estimate of drug-likeness (QED) is 0.511. The van der Waals surface area contributed by atoms with Crippen LogP contribution in [0.15, 0.2) is 41.5 Å². The number of hydrogen-bond donors (Lipinski definition) is 1. The Bertz CT molecular complexity index is 552. The standard InChI is InChI=1S/C14H15N3S/c1-2-6-11(7-3-1)10-15-17-14-16-12-8-4-5-9-13(12)18-14/h1-2,4-5,8-11H,3,6-7H2,(H,16,17)/b15-10-/t11-/m0/s1. The third-order valence-corrected chi connectivity index (χ3v) is 3.99. The van der Waals surface area contributed by atoms with E-state index < -0.39 is 0 Å². The molecule has 3 nitrogen and oxygen atoms in total. The Morgan fingerprint density at radius 1 is 1.33 bits per heavy atom. The molecular weight excluding hydrogens is 242 g/mol. The van der Waals surface area contributed by atoms with Crippen LogP contribution in [0.1, 0.15) is 19.3 Å². The van der Waals surface area contributed by atoms with Gasteiger partial charge in [0.15, 0.2) is 0 Å². The number of nitrogens with zero attached hydrogens (tertiary/aromatic N) is 2. The van der Waals surface area contributed by atoms with Crippen LogP contribution in [0, 0.1) is 5.92 Å². The molecule has 0 unspecified atom stereocenters. The molecule has 1 heterocycles. The van der Waals surface area contributed by atoms with Crippen molar-refractivity contribution in [1.82, 2.24) is 4.98 Å². The third kappa shape index (κ3) is 2.59. The monoisotopic (exact) mass is 257 g/mol. The highest BCUT2D eigenvalue weighted by Gasteiger charge is 2.06. The largest absolute Gasteiger partial charge is 0.253 e. The number of allylic oxidation sites excluding steroid dienone is 2. The summed E-state index contributed by atoms with van der Waals surface area (Å²) in [5.74, 6) is 0.567. The van der Waals surface area contributed by atoms with E-state index in [0.29, 0.717) is 5.92 Å². The van der Waals surface area contributed by atoms with Gasteiger partial charge in [-0.15, -0.1) is 0 Å². The maximum absolute atomic E-state index is 4.48. The molecule has 1 aromatic heterocycles. The van der Waals surface area contributed by atoms with Crippen LogP contribution in [0.25, 0.3) is 10.2 Å². The van der Waals surface area contributed by atoms with Gasteiger partial charge in [0, 0.05) is 6.21 Å². The van der Waals surface area contributed by atoms with Crippen LogP contribution in [-0.2, 0) is 0 Å². The number of benzene rings is 1. The first-order valence-corrected chi connectivity index (χ1v) is 7.03. The number of nitrogens with one attached hydrogen (secondary N) is 1. The summed E-state index contributed by atoms with van der Waals surface area (Å²) in [5.41, 5.74) is 4.06. The number of para-hydroxylation sites is 1. The Balaban J connectivity index is 1.65. The molecule has 18 heavy (non-hydrogen) atoms. The van der Waals surface area contributed by atoms with Gasteiger partial charge in [0.25, 0.3) is 0 Å². The molecule has 1 aromatic carbocycles. The molecule has 0 bridgehead atoms. The van der Waals surface area contributed by atoms with Gasteiger partial charge in [-0.2, -0.15) is 5.10 Å². The Labute approximate surface area is 110 Å². The number of fused-ring (bicyclic) bond motifs is 1. The molecule has 1 atom stereocenters. The Morgan fingerprint density at radius 3 is 3.11 bits per heavy atom. The van der Waals surface area contributed by atoms with Crippen LogP contribution < -0.4 is 5.43 Å². The Kier molecular flexibility index (Phi) is 3.37. The van der Waals surface area contributed by atoms with Gasteiger partial charge in [0.2, 0.25) is 5.13 Å². The minimum Gasteiger partial charge on any atom is -0.253 e. The Hall–Kier alpha value is -1.68. The van der Waals surface area contributed by atoms with E-state index in [4.69, 9.17) is 0 Å². The molecule has 3 rings (SSSR count). The summed E-state index contributed by atoms with van der Waals surface area (Å²) < 4.78 is 1.19. The van der Waals surface area contributed by atoms with Crippen molar-refractivity contribution in [2.24, 2.45) is 11.0 Å². The second-order valence-corrected chi connectivity index (χ2v) is 5.45. The van der Waals surface area contributed by atoms with Crippen LogP contribution in [0.4, 0.5) is 5.13 Å². The molecule has 0 radical (unpaired) electrons. The Morgan fingerprint density at radius 2 is 2.28 bits per heavy atom. The molecule has 1 aliphatic rings. The smallest absolute Gasteiger partial charge is 0.204 e. The second kappa shape index (κ2) is 5.31. The zero-order valence-electron chi connectivity index (χ0n) is 10.0. The van der Waals surface area contributed by atoms with Crippen molar-refractivity contribution in [3.63, 3.8) is 0 Å². The van der Waals surface area contributed by atoms with Crippen molar-refractivity contribution >= 4 is 32.9 Å². The lowest BCUT2D eigenvalue weighted by atomic mass is 9.96. The fourth-order valence-electron chi connectivity index (χ4n) is 2.07. The predicted octanol–water partition coefficient (Wildman–Crippen LogP) is 4.05. The summed E-state index contributed by atoms with van der Waals surface area (Å²) in [6, 6.07) is 8.13. The predicted molar refractivity (Wildman–Crippen MR) is 78.2 cm³/mol. The number of hydrogen-bond acceptors (Lipinski definition) is 4. The summed E-state index contributed by atoms with van der Waals surface area (Å²) in [5, 5.41) is 5.16. The van der Waals surface area contributed by atoms with E-state index in [9.17, 15) is 0 Å². The SMILES string of the molecule is C1=CC[C@H](/C=N\Nc2nc3ccccc3s2)CC1. The van der Waals surface area contributed by atoms with Gasteiger partial charge in [-0.1, -0.05) is 35.6 Å². The average Bonchev–Trinajstić information content (AvgIpc) is 2.82. The molecule has 0 spiro atoms. The zero-order chi connectivity index (χ0) is 12.2. The van der Waals surface area contributed by atoms with Gasteiger partial charge >= 0.3 is 0 Å². The van der Waals surface area contributed by atoms with Gasteiger partial charge in [-0.3, -0.25) is 5.43 Å². The summed E-state index contributed by atoms with van der Waals surface area (Å²) >= 11 is 1.63. The van der Waals surface area contributed by atoms with Crippen molar-refractivity contribution in [1.29, 1.82) is 0 Å². The molecule has 92 valence electrons.